The van der Waals surface area contributed by atoms with E-state index in [9.17, 15) is 27.6 Å². The fraction of sp³-hybridized carbons (Fsp3) is 0.323. The molecule has 3 aromatic rings. The van der Waals surface area contributed by atoms with E-state index in [1.807, 2.05) is 56.3 Å². The Hall–Kier alpha value is -4.22. The maximum atomic E-state index is 13.8. The largest absolute Gasteiger partial charge is 0.340 e. The minimum absolute atomic E-state index is 0.0465. The van der Waals surface area contributed by atoms with Gasteiger partial charge in [0.15, 0.2) is 5.78 Å². The number of carbonyl (C=O) groups excluding carboxylic acids is 4. The van der Waals surface area contributed by atoms with Crippen LogP contribution in [0.2, 0.25) is 0 Å². The molecule has 3 atom stereocenters. The molecule has 0 radical (unpaired) electrons. The molecule has 0 spiro atoms. The summed E-state index contributed by atoms with van der Waals surface area (Å²) >= 11 is 0. The van der Waals surface area contributed by atoms with Crippen LogP contribution in [0.25, 0.3) is 11.1 Å². The summed E-state index contributed by atoms with van der Waals surface area (Å²) < 4.78 is 27.3. The normalized spacial score (nSPS) is 19.5. The van der Waals surface area contributed by atoms with Crippen molar-refractivity contribution in [2.24, 2.45) is 5.92 Å². The number of hydrogen-bond acceptors (Lipinski definition) is 7. The Morgan fingerprint density at radius 2 is 1.62 bits per heavy atom. The lowest BCUT2D eigenvalue weighted by atomic mass is 10.0. The third-order valence-corrected chi connectivity index (χ3v) is 9.34. The Kier molecular flexibility index (Phi) is 8.33. The molecule has 1 aromatic heterocycles. The summed E-state index contributed by atoms with van der Waals surface area (Å²) in [5.74, 6) is -1.29. The number of sulfonamides is 1. The third-order valence-electron chi connectivity index (χ3n) is 7.64. The molecule has 3 unspecified atom stereocenters. The predicted octanol–water partition coefficient (Wildman–Crippen LogP) is 2.92. The van der Waals surface area contributed by atoms with Crippen LogP contribution in [0, 0.1) is 5.92 Å². The van der Waals surface area contributed by atoms with Crippen LogP contribution >= 0.6 is 0 Å². The first-order valence-electron chi connectivity index (χ1n) is 13.8. The smallest absolute Gasteiger partial charge is 0.310 e. The lowest BCUT2D eigenvalue weighted by Crippen LogP contribution is -2.53. The minimum Gasteiger partial charge on any atom is -0.340 e. The van der Waals surface area contributed by atoms with Crippen molar-refractivity contribution in [2.75, 3.05) is 13.1 Å². The average molecular weight is 589 g/mol. The van der Waals surface area contributed by atoms with Gasteiger partial charge >= 0.3 is 5.12 Å². The molecule has 2 aliphatic rings. The highest BCUT2D eigenvalue weighted by Gasteiger charge is 2.55. The third kappa shape index (κ3) is 5.75. The van der Waals surface area contributed by atoms with E-state index in [0.29, 0.717) is 12.0 Å². The molecule has 11 heteroatoms. The highest BCUT2D eigenvalue weighted by molar-refractivity contribution is 8.04. The number of ketones is 1. The molecule has 2 amide bonds. The van der Waals surface area contributed by atoms with Crippen LogP contribution in [0.5, 0.6) is 0 Å². The number of pyridine rings is 1. The zero-order valence-electron chi connectivity index (χ0n) is 23.3. The van der Waals surface area contributed by atoms with Crippen molar-refractivity contribution in [3.63, 3.8) is 0 Å². The second-order valence-corrected chi connectivity index (χ2v) is 12.7. The molecule has 0 saturated carbocycles. The fourth-order valence-corrected chi connectivity index (χ4v) is 7.11. The molecule has 5 rings (SSSR count). The number of nitrogens with one attached hydrogen (secondary N) is 1. The van der Waals surface area contributed by atoms with Gasteiger partial charge in [-0.3, -0.25) is 24.2 Å². The van der Waals surface area contributed by atoms with E-state index in [-0.39, 0.29) is 24.6 Å². The topological polar surface area (TPSA) is 134 Å². The van der Waals surface area contributed by atoms with Crippen LogP contribution in [0.1, 0.15) is 47.5 Å². The molecule has 42 heavy (non-hydrogen) atoms. The summed E-state index contributed by atoms with van der Waals surface area (Å²) in [6.07, 6.45) is 1.84. The number of likely N-dealkylation sites (tertiary alicyclic amines) is 1. The molecule has 10 nitrogen and oxygen atoms in total. The first-order valence-corrected chi connectivity index (χ1v) is 15.3. The van der Waals surface area contributed by atoms with E-state index in [2.05, 4.69) is 10.3 Å². The number of carbonyl (C=O) groups is 4. The van der Waals surface area contributed by atoms with Gasteiger partial charge in [-0.05, 0) is 54.2 Å². The Morgan fingerprint density at radius 1 is 0.952 bits per heavy atom. The maximum absolute atomic E-state index is 13.8. The van der Waals surface area contributed by atoms with Gasteiger partial charge < -0.3 is 10.2 Å². The quantitative estimate of drug-likeness (QED) is 0.428. The Labute approximate surface area is 244 Å². The van der Waals surface area contributed by atoms with Gasteiger partial charge in [0.05, 0.1) is 12.6 Å². The Morgan fingerprint density at radius 3 is 2.26 bits per heavy atom. The molecular weight excluding hydrogens is 556 g/mol. The zero-order chi connectivity index (χ0) is 30.0. The van der Waals surface area contributed by atoms with E-state index >= 15 is 0 Å². The molecule has 2 fully saturated rings. The van der Waals surface area contributed by atoms with Gasteiger partial charge in [-0.25, -0.2) is 8.42 Å². The predicted molar refractivity (Wildman–Crippen MR) is 156 cm³/mol. The second-order valence-electron chi connectivity index (χ2n) is 11.0. The van der Waals surface area contributed by atoms with Gasteiger partial charge in [-0.1, -0.05) is 62.4 Å². The summed E-state index contributed by atoms with van der Waals surface area (Å²) in [6, 6.07) is 18.4. The molecule has 2 aliphatic heterocycles. The lowest BCUT2D eigenvalue weighted by molar-refractivity contribution is -0.138. The number of hydrogen-bond donors (Lipinski definition) is 1. The van der Waals surface area contributed by atoms with Crippen LogP contribution in [0.3, 0.4) is 0 Å². The number of amides is 2. The first-order chi connectivity index (χ1) is 20.1. The molecule has 218 valence electrons. The van der Waals surface area contributed by atoms with Gasteiger partial charge in [0.1, 0.15) is 17.8 Å². The van der Waals surface area contributed by atoms with Crippen molar-refractivity contribution in [1.82, 2.24) is 19.5 Å². The van der Waals surface area contributed by atoms with Crippen LogP contribution in [0.15, 0.2) is 79.0 Å². The lowest BCUT2D eigenvalue weighted by Gasteiger charge is -2.29. The molecule has 2 saturated heterocycles. The summed E-state index contributed by atoms with van der Waals surface area (Å²) in [5.41, 5.74) is 2.11. The van der Waals surface area contributed by atoms with Gasteiger partial charge in [-0.15, -0.1) is 0 Å². The van der Waals surface area contributed by atoms with Gasteiger partial charge in [0.25, 0.3) is 15.9 Å². The summed E-state index contributed by atoms with van der Waals surface area (Å²) in [5, 5.41) is 1.65. The van der Waals surface area contributed by atoms with E-state index in [1.54, 1.807) is 18.2 Å². The molecule has 0 aliphatic carbocycles. The van der Waals surface area contributed by atoms with Crippen LogP contribution in [-0.4, -0.2) is 76.5 Å². The highest BCUT2D eigenvalue weighted by Crippen LogP contribution is 2.33. The SMILES string of the molecule is CC(C)CC(NC(=O)c1ccc(-c2ccccc2)cc1)C(=O)N1CCC2C1C(=O)CN2S(=O)(=O)C(=O)c1ccccn1. The van der Waals surface area contributed by atoms with Crippen molar-refractivity contribution >= 4 is 32.7 Å². The van der Waals surface area contributed by atoms with Crippen molar-refractivity contribution in [3.8, 4) is 11.1 Å². The summed E-state index contributed by atoms with van der Waals surface area (Å²) in [6.45, 7) is 3.47. The van der Waals surface area contributed by atoms with Crippen molar-refractivity contribution < 1.29 is 27.6 Å². The number of aromatic nitrogens is 1. The van der Waals surface area contributed by atoms with Gasteiger partial charge in [0.2, 0.25) is 5.91 Å². The monoisotopic (exact) mass is 588 g/mol. The van der Waals surface area contributed by atoms with Crippen LogP contribution in [0.4, 0.5) is 0 Å². The van der Waals surface area contributed by atoms with Crippen LogP contribution < -0.4 is 5.32 Å². The minimum atomic E-state index is -4.54. The number of Topliss-reactive ketones (excluding diaryl/α,β-unsaturated/α-hetero) is 1. The molecule has 3 heterocycles. The van der Waals surface area contributed by atoms with E-state index < -0.39 is 57.4 Å². The number of rotatable bonds is 8. The van der Waals surface area contributed by atoms with Crippen molar-refractivity contribution in [1.29, 1.82) is 0 Å². The molecular formula is C31H32N4O6S. The average Bonchev–Trinajstić information content (AvgIpc) is 3.58. The van der Waals surface area contributed by atoms with Crippen LogP contribution in [-0.2, 0) is 19.6 Å². The molecule has 0 bridgehead atoms. The molecule has 1 N–H and O–H groups in total. The van der Waals surface area contributed by atoms with E-state index in [1.165, 1.54) is 23.2 Å². The fourth-order valence-electron chi connectivity index (χ4n) is 5.64. The molecule has 2 aromatic carbocycles. The highest BCUT2D eigenvalue weighted by atomic mass is 32.2. The maximum Gasteiger partial charge on any atom is 0.310 e. The van der Waals surface area contributed by atoms with E-state index in [0.717, 1.165) is 15.4 Å². The van der Waals surface area contributed by atoms with Crippen molar-refractivity contribution in [3.05, 3.63) is 90.3 Å². The first kappa shape index (κ1) is 29.3. The van der Waals surface area contributed by atoms with Gasteiger partial charge in [-0.2, -0.15) is 4.31 Å². The van der Waals surface area contributed by atoms with Crippen molar-refractivity contribution in [2.45, 2.75) is 44.8 Å². The number of benzene rings is 2. The van der Waals surface area contributed by atoms with Gasteiger partial charge in [0, 0.05) is 18.3 Å². The van der Waals surface area contributed by atoms with E-state index in [4.69, 9.17) is 0 Å². The zero-order valence-corrected chi connectivity index (χ0v) is 24.2. The Balaban J connectivity index is 1.32. The summed E-state index contributed by atoms with van der Waals surface area (Å²) in [7, 11) is -4.54. The summed E-state index contributed by atoms with van der Waals surface area (Å²) in [4.78, 5) is 58.1. The standard InChI is InChI=1S/C31H32N4O6S/c1-20(2)18-25(33-29(37)23-13-11-22(12-14-23)21-8-4-3-5-9-21)30(38)34-17-15-26-28(34)27(36)19-35(26)42(40,41)31(39)24-10-6-7-16-32-24/h3-14,16,20,25-26,28H,15,17-19H2,1-2H3,(H,33,37). The number of nitrogens with zero attached hydrogens (tertiary/aromatic N) is 3. The number of fused-ring (bicyclic) bond motifs is 1. The second kappa shape index (κ2) is 11.9. The Bertz CT molecular complexity index is 1590.